The fraction of sp³-hybridized carbons (Fsp3) is 0.333. The van der Waals surface area contributed by atoms with Gasteiger partial charge < -0.3 is 10.8 Å². The Balaban J connectivity index is 2.70. The molecule has 0 fully saturated rings. The lowest BCUT2D eigenvalue weighted by Crippen LogP contribution is -2.15. The van der Waals surface area contributed by atoms with Gasteiger partial charge in [-0.25, -0.2) is 0 Å². The molecule has 0 saturated carbocycles. The average molecular weight is 231 g/mol. The quantitative estimate of drug-likeness (QED) is 0.661. The van der Waals surface area contributed by atoms with Crippen molar-refractivity contribution in [3.8, 4) is 5.75 Å². The number of aromatic hydroxyl groups is 1. The molecule has 0 radical (unpaired) electrons. The van der Waals surface area contributed by atoms with E-state index >= 15 is 0 Å². The van der Waals surface area contributed by atoms with E-state index in [0.717, 1.165) is 0 Å². The summed E-state index contributed by atoms with van der Waals surface area (Å²) >= 11 is 0. The number of phenolic OH excluding ortho intramolecular Hbond substituents is 1. The van der Waals surface area contributed by atoms with E-state index in [9.17, 15) is 13.5 Å². The van der Waals surface area contributed by atoms with Crippen LogP contribution in [0.5, 0.6) is 5.75 Å². The Morgan fingerprint density at radius 1 is 1.33 bits per heavy atom. The molecule has 0 aliphatic rings. The van der Waals surface area contributed by atoms with Gasteiger partial charge in [0.25, 0.3) is 10.1 Å². The Kier molecular flexibility index (Phi) is 3.67. The molecule has 1 unspecified atom stereocenters. The summed E-state index contributed by atoms with van der Waals surface area (Å²) < 4.78 is 29.5. The van der Waals surface area contributed by atoms with Crippen molar-refractivity contribution in [1.82, 2.24) is 0 Å². The molecule has 5 nitrogen and oxygen atoms in total. The van der Waals surface area contributed by atoms with Gasteiger partial charge in [0, 0.05) is 11.6 Å². The minimum absolute atomic E-state index is 0.0281. The number of phenols is 1. The second kappa shape index (κ2) is 4.61. The van der Waals surface area contributed by atoms with Gasteiger partial charge in [-0.3, -0.25) is 4.55 Å². The number of benzene rings is 1. The van der Waals surface area contributed by atoms with Crippen LogP contribution in [-0.4, -0.2) is 23.8 Å². The van der Waals surface area contributed by atoms with E-state index in [2.05, 4.69) is 0 Å². The highest BCUT2D eigenvalue weighted by molar-refractivity contribution is 7.85. The molecule has 4 N–H and O–H groups in total. The summed E-state index contributed by atoms with van der Waals surface area (Å²) in [5.74, 6) is -0.386. The van der Waals surface area contributed by atoms with Gasteiger partial charge in [0.1, 0.15) is 5.75 Å². The second-order valence-electron chi connectivity index (χ2n) is 3.24. The van der Waals surface area contributed by atoms with Crippen LogP contribution < -0.4 is 5.73 Å². The molecule has 0 aliphatic carbocycles. The third-order valence-corrected chi connectivity index (χ3v) is 2.77. The van der Waals surface area contributed by atoms with Crippen molar-refractivity contribution in [3.63, 3.8) is 0 Å². The summed E-state index contributed by atoms with van der Waals surface area (Å²) in [6.45, 7) is 0. The van der Waals surface area contributed by atoms with Crippen molar-refractivity contribution in [2.45, 2.75) is 12.5 Å². The van der Waals surface area contributed by atoms with Crippen LogP contribution in [0.25, 0.3) is 0 Å². The molecule has 0 aromatic heterocycles. The van der Waals surface area contributed by atoms with Crippen LogP contribution in [0.15, 0.2) is 24.3 Å². The van der Waals surface area contributed by atoms with E-state index in [4.69, 9.17) is 10.3 Å². The van der Waals surface area contributed by atoms with Crippen molar-refractivity contribution >= 4 is 10.1 Å². The summed E-state index contributed by atoms with van der Waals surface area (Å²) in [6, 6.07) is 5.83. The SMILES string of the molecule is NC(CCS(=O)(=O)O)c1ccccc1O. The average Bonchev–Trinajstić information content (AvgIpc) is 2.14. The minimum Gasteiger partial charge on any atom is -0.508 e. The predicted molar refractivity (Wildman–Crippen MR) is 56.1 cm³/mol. The van der Waals surface area contributed by atoms with Crippen LogP contribution >= 0.6 is 0 Å². The van der Waals surface area contributed by atoms with Crippen molar-refractivity contribution in [3.05, 3.63) is 29.8 Å². The molecule has 0 saturated heterocycles. The Hall–Kier alpha value is -1.11. The zero-order valence-corrected chi connectivity index (χ0v) is 8.81. The fourth-order valence-corrected chi connectivity index (χ4v) is 1.78. The second-order valence-corrected chi connectivity index (χ2v) is 4.81. The highest BCUT2D eigenvalue weighted by Gasteiger charge is 2.13. The summed E-state index contributed by atoms with van der Waals surface area (Å²) in [6.07, 6.45) is 0.0659. The highest BCUT2D eigenvalue weighted by Crippen LogP contribution is 2.24. The smallest absolute Gasteiger partial charge is 0.264 e. The summed E-state index contributed by atoms with van der Waals surface area (Å²) in [4.78, 5) is 0. The van der Waals surface area contributed by atoms with E-state index < -0.39 is 21.9 Å². The number of nitrogens with two attached hydrogens (primary N) is 1. The fourth-order valence-electron chi connectivity index (χ4n) is 1.23. The van der Waals surface area contributed by atoms with Crippen LogP contribution in [0.3, 0.4) is 0 Å². The Labute approximate surface area is 88.3 Å². The van der Waals surface area contributed by atoms with E-state index in [0.29, 0.717) is 5.56 Å². The lowest BCUT2D eigenvalue weighted by atomic mass is 10.0. The zero-order valence-electron chi connectivity index (χ0n) is 8.00. The Bertz CT molecular complexity index is 429. The topological polar surface area (TPSA) is 101 Å². The maximum Gasteiger partial charge on any atom is 0.264 e. The van der Waals surface area contributed by atoms with E-state index in [-0.39, 0.29) is 12.2 Å². The van der Waals surface area contributed by atoms with Crippen LogP contribution in [-0.2, 0) is 10.1 Å². The van der Waals surface area contributed by atoms with Crippen molar-refractivity contribution in [2.75, 3.05) is 5.75 Å². The summed E-state index contributed by atoms with van der Waals surface area (Å²) in [5, 5.41) is 9.42. The molecule has 1 aromatic rings. The molecule has 0 heterocycles. The first-order chi connectivity index (χ1) is 6.90. The minimum atomic E-state index is -4.00. The van der Waals surface area contributed by atoms with Crippen molar-refractivity contribution < 1.29 is 18.1 Å². The third-order valence-electron chi connectivity index (χ3n) is 2.02. The van der Waals surface area contributed by atoms with Crippen LogP contribution in [0, 0.1) is 0 Å². The molecule has 1 aromatic carbocycles. The zero-order chi connectivity index (χ0) is 11.5. The van der Waals surface area contributed by atoms with Crippen molar-refractivity contribution in [1.29, 1.82) is 0 Å². The Morgan fingerprint density at radius 3 is 2.47 bits per heavy atom. The van der Waals surface area contributed by atoms with E-state index in [1.807, 2.05) is 0 Å². The van der Waals surface area contributed by atoms with Gasteiger partial charge in [0.05, 0.1) is 5.75 Å². The number of hydrogen-bond donors (Lipinski definition) is 3. The maximum absolute atomic E-state index is 10.5. The highest BCUT2D eigenvalue weighted by atomic mass is 32.2. The van der Waals surface area contributed by atoms with E-state index in [1.54, 1.807) is 18.2 Å². The van der Waals surface area contributed by atoms with Gasteiger partial charge in [0.15, 0.2) is 0 Å². The monoisotopic (exact) mass is 231 g/mol. The van der Waals surface area contributed by atoms with Gasteiger partial charge in [-0.15, -0.1) is 0 Å². The summed E-state index contributed by atoms with van der Waals surface area (Å²) in [5.41, 5.74) is 6.14. The molecular weight excluding hydrogens is 218 g/mol. The number of para-hydroxylation sites is 1. The normalized spacial score (nSPS) is 13.7. The molecule has 1 atom stereocenters. The molecule has 0 spiro atoms. The molecule has 6 heteroatoms. The number of hydrogen-bond acceptors (Lipinski definition) is 4. The summed E-state index contributed by atoms with van der Waals surface area (Å²) in [7, 11) is -4.00. The first kappa shape index (κ1) is 12.0. The molecule has 0 aliphatic heterocycles. The lowest BCUT2D eigenvalue weighted by molar-refractivity contribution is 0.455. The van der Waals surface area contributed by atoms with Gasteiger partial charge in [-0.05, 0) is 12.5 Å². The third kappa shape index (κ3) is 3.86. The first-order valence-corrected chi connectivity index (χ1v) is 5.99. The van der Waals surface area contributed by atoms with Crippen molar-refractivity contribution in [2.24, 2.45) is 5.73 Å². The molecule has 0 amide bonds. The Morgan fingerprint density at radius 2 is 1.93 bits per heavy atom. The van der Waals surface area contributed by atoms with Crippen LogP contribution in [0.2, 0.25) is 0 Å². The van der Waals surface area contributed by atoms with E-state index in [1.165, 1.54) is 6.07 Å². The number of rotatable bonds is 4. The molecule has 1 rings (SSSR count). The van der Waals surface area contributed by atoms with Gasteiger partial charge >= 0.3 is 0 Å². The first-order valence-electron chi connectivity index (χ1n) is 4.39. The maximum atomic E-state index is 10.5. The molecule has 0 bridgehead atoms. The van der Waals surface area contributed by atoms with Crippen LogP contribution in [0.4, 0.5) is 0 Å². The van der Waals surface area contributed by atoms with Crippen LogP contribution in [0.1, 0.15) is 18.0 Å². The lowest BCUT2D eigenvalue weighted by Gasteiger charge is -2.12. The van der Waals surface area contributed by atoms with Gasteiger partial charge in [-0.2, -0.15) is 8.42 Å². The molecule has 84 valence electrons. The predicted octanol–water partition coefficient (Wildman–Crippen LogP) is 0.670. The van der Waals surface area contributed by atoms with Gasteiger partial charge in [0.2, 0.25) is 0 Å². The molecule has 15 heavy (non-hydrogen) atoms. The standard InChI is InChI=1S/C9H13NO4S/c10-8(5-6-15(12,13)14)7-3-1-2-4-9(7)11/h1-4,8,11H,5-6,10H2,(H,12,13,14). The molecular formula is C9H13NO4S. The van der Waals surface area contributed by atoms with Gasteiger partial charge in [-0.1, -0.05) is 18.2 Å². The largest absolute Gasteiger partial charge is 0.508 e.